The zero-order chi connectivity index (χ0) is 19.9. The van der Waals surface area contributed by atoms with E-state index in [1.807, 2.05) is 12.1 Å². The van der Waals surface area contributed by atoms with Crippen molar-refractivity contribution in [2.45, 2.75) is 25.7 Å². The molecule has 0 bridgehead atoms. The van der Waals surface area contributed by atoms with Gasteiger partial charge in [-0.15, -0.1) is 0 Å². The van der Waals surface area contributed by atoms with Crippen LogP contribution in [0, 0.1) is 0 Å². The Labute approximate surface area is 164 Å². The summed E-state index contributed by atoms with van der Waals surface area (Å²) in [5, 5.41) is 1.09. The first kappa shape index (κ1) is 18.6. The smallest absolute Gasteiger partial charge is 0.343 e. The molecule has 0 saturated carbocycles. The molecule has 1 aliphatic rings. The minimum Gasteiger partial charge on any atom is -0.423 e. The second-order valence-corrected chi connectivity index (χ2v) is 9.18. The van der Waals surface area contributed by atoms with Crippen molar-refractivity contribution in [1.29, 1.82) is 0 Å². The minimum atomic E-state index is -3.34. The zero-order valence-electron chi connectivity index (χ0n) is 15.9. The highest BCUT2D eigenvalue weighted by Crippen LogP contribution is 2.30. The van der Waals surface area contributed by atoms with Crippen LogP contribution in [-0.2, 0) is 22.9 Å². The normalized spacial score (nSPS) is 13.9. The van der Waals surface area contributed by atoms with E-state index in [1.54, 1.807) is 30.3 Å². The van der Waals surface area contributed by atoms with Gasteiger partial charge in [0.1, 0.15) is 5.75 Å². The number of anilines is 1. The van der Waals surface area contributed by atoms with E-state index in [0.29, 0.717) is 17.0 Å². The summed E-state index contributed by atoms with van der Waals surface area (Å²) in [6.45, 7) is 0. The molecule has 6 nitrogen and oxygen atoms in total. The molecule has 0 saturated heterocycles. The number of rotatable bonds is 4. The number of aromatic nitrogens is 1. The van der Waals surface area contributed by atoms with E-state index in [4.69, 9.17) is 4.74 Å². The molecular formula is C21H22N2O4S. The SMILES string of the molecule is CN(c1ccc(OC(=O)c2ccc3[nH]c4c(c3c2)CCCC4)cc1)S(C)(=O)=O. The quantitative estimate of drug-likeness (QED) is 0.537. The number of fused-ring (bicyclic) bond motifs is 3. The lowest BCUT2D eigenvalue weighted by atomic mass is 9.95. The fourth-order valence-electron chi connectivity index (χ4n) is 3.61. The van der Waals surface area contributed by atoms with Crippen molar-refractivity contribution in [3.8, 4) is 5.75 Å². The van der Waals surface area contributed by atoms with Crippen LogP contribution in [0.3, 0.4) is 0 Å². The van der Waals surface area contributed by atoms with Gasteiger partial charge in [0.2, 0.25) is 10.0 Å². The number of aryl methyl sites for hydroxylation is 2. The number of sulfonamides is 1. The van der Waals surface area contributed by atoms with Crippen LogP contribution in [-0.4, -0.2) is 32.7 Å². The van der Waals surface area contributed by atoms with Crippen LogP contribution >= 0.6 is 0 Å². The number of aromatic amines is 1. The second-order valence-electron chi connectivity index (χ2n) is 7.16. The van der Waals surface area contributed by atoms with Gasteiger partial charge < -0.3 is 9.72 Å². The summed E-state index contributed by atoms with van der Waals surface area (Å²) in [7, 11) is -1.86. The number of nitrogens with one attached hydrogen (secondary N) is 1. The lowest BCUT2D eigenvalue weighted by Gasteiger charge is -2.16. The van der Waals surface area contributed by atoms with Gasteiger partial charge in [0.15, 0.2) is 0 Å². The van der Waals surface area contributed by atoms with Crippen LogP contribution in [0.25, 0.3) is 10.9 Å². The number of hydrogen-bond donors (Lipinski definition) is 1. The van der Waals surface area contributed by atoms with Gasteiger partial charge in [-0.05, 0) is 73.7 Å². The third-order valence-electron chi connectivity index (χ3n) is 5.24. The summed E-state index contributed by atoms with van der Waals surface area (Å²) in [4.78, 5) is 16.0. The van der Waals surface area contributed by atoms with E-state index in [2.05, 4.69) is 4.98 Å². The number of hydrogen-bond acceptors (Lipinski definition) is 4. The third kappa shape index (κ3) is 3.49. The molecular weight excluding hydrogens is 376 g/mol. The van der Waals surface area contributed by atoms with Crippen molar-refractivity contribution in [1.82, 2.24) is 4.98 Å². The number of H-pyrrole nitrogens is 1. The lowest BCUT2D eigenvalue weighted by Crippen LogP contribution is -2.24. The number of carbonyl (C=O) groups is 1. The van der Waals surface area contributed by atoms with Crippen molar-refractivity contribution >= 4 is 32.6 Å². The Hall–Kier alpha value is -2.80. The summed E-state index contributed by atoms with van der Waals surface area (Å²) in [6.07, 6.45) is 5.58. The topological polar surface area (TPSA) is 79.5 Å². The fourth-order valence-corrected chi connectivity index (χ4v) is 4.12. The maximum atomic E-state index is 12.6. The second kappa shape index (κ2) is 6.98. The zero-order valence-corrected chi connectivity index (χ0v) is 16.7. The van der Waals surface area contributed by atoms with Crippen LogP contribution in [0.15, 0.2) is 42.5 Å². The third-order valence-corrected chi connectivity index (χ3v) is 6.45. The van der Waals surface area contributed by atoms with E-state index in [0.717, 1.165) is 30.0 Å². The predicted octanol–water partition coefficient (Wildman–Crippen LogP) is 3.66. The first-order valence-electron chi connectivity index (χ1n) is 9.22. The van der Waals surface area contributed by atoms with Crippen molar-refractivity contribution in [3.05, 3.63) is 59.3 Å². The largest absolute Gasteiger partial charge is 0.423 e. The predicted molar refractivity (Wildman–Crippen MR) is 110 cm³/mol. The Morgan fingerprint density at radius 2 is 1.79 bits per heavy atom. The van der Waals surface area contributed by atoms with Crippen molar-refractivity contribution in [3.63, 3.8) is 0 Å². The van der Waals surface area contributed by atoms with Gasteiger partial charge >= 0.3 is 5.97 Å². The number of ether oxygens (including phenoxy) is 1. The Bertz CT molecular complexity index is 1150. The summed E-state index contributed by atoms with van der Waals surface area (Å²) >= 11 is 0. The Balaban J connectivity index is 1.55. The van der Waals surface area contributed by atoms with Crippen LogP contribution in [0.2, 0.25) is 0 Å². The van der Waals surface area contributed by atoms with Crippen molar-refractivity contribution in [2.24, 2.45) is 0 Å². The van der Waals surface area contributed by atoms with E-state index in [9.17, 15) is 13.2 Å². The molecule has 2 aromatic carbocycles. The number of benzene rings is 2. The summed E-state index contributed by atoms with van der Waals surface area (Å²) in [5.74, 6) is -0.0660. The van der Waals surface area contributed by atoms with E-state index in [-0.39, 0.29) is 0 Å². The lowest BCUT2D eigenvalue weighted by molar-refractivity contribution is 0.0735. The molecule has 0 aliphatic heterocycles. The number of carbonyl (C=O) groups excluding carboxylic acids is 1. The average Bonchev–Trinajstić information content (AvgIpc) is 3.05. The Kier molecular flexibility index (Phi) is 4.63. The molecule has 0 fully saturated rings. The summed E-state index contributed by atoms with van der Waals surface area (Å²) < 4.78 is 29.9. The number of nitrogens with zero attached hydrogens (tertiary/aromatic N) is 1. The highest BCUT2D eigenvalue weighted by atomic mass is 32.2. The molecule has 0 amide bonds. The highest BCUT2D eigenvalue weighted by molar-refractivity contribution is 7.92. The summed E-state index contributed by atoms with van der Waals surface area (Å²) in [6, 6.07) is 12.0. The number of esters is 1. The molecule has 0 spiro atoms. The molecule has 4 rings (SSSR count). The first-order chi connectivity index (χ1) is 13.3. The van der Waals surface area contributed by atoms with Gasteiger partial charge in [-0.2, -0.15) is 0 Å². The van der Waals surface area contributed by atoms with Crippen LogP contribution in [0.1, 0.15) is 34.5 Å². The monoisotopic (exact) mass is 398 g/mol. The van der Waals surface area contributed by atoms with E-state index in [1.165, 1.54) is 35.5 Å². The Morgan fingerprint density at radius 3 is 2.50 bits per heavy atom. The van der Waals surface area contributed by atoms with E-state index >= 15 is 0 Å². The fraction of sp³-hybridized carbons (Fsp3) is 0.286. The first-order valence-corrected chi connectivity index (χ1v) is 11.1. The van der Waals surface area contributed by atoms with Gasteiger partial charge in [0.05, 0.1) is 17.5 Å². The average molecular weight is 398 g/mol. The molecule has 1 N–H and O–H groups in total. The van der Waals surface area contributed by atoms with Crippen LogP contribution in [0.4, 0.5) is 5.69 Å². The molecule has 0 unspecified atom stereocenters. The standard InChI is InChI=1S/C21H22N2O4S/c1-23(28(2,25)26)15-8-10-16(11-9-15)27-21(24)14-7-12-20-18(13-14)17-5-3-4-6-19(17)22-20/h7-13,22H,3-6H2,1-2H3. The molecule has 0 radical (unpaired) electrons. The van der Waals surface area contributed by atoms with Gasteiger partial charge in [-0.3, -0.25) is 4.31 Å². The van der Waals surface area contributed by atoms with Crippen LogP contribution in [0.5, 0.6) is 5.75 Å². The highest BCUT2D eigenvalue weighted by Gasteiger charge is 2.18. The van der Waals surface area contributed by atoms with Crippen molar-refractivity contribution in [2.75, 3.05) is 17.6 Å². The molecule has 28 heavy (non-hydrogen) atoms. The Morgan fingerprint density at radius 1 is 1.07 bits per heavy atom. The van der Waals surface area contributed by atoms with Gasteiger partial charge in [0.25, 0.3) is 0 Å². The molecule has 7 heteroatoms. The molecule has 3 aromatic rings. The van der Waals surface area contributed by atoms with Crippen LogP contribution < -0.4 is 9.04 Å². The maximum Gasteiger partial charge on any atom is 0.343 e. The molecule has 1 aliphatic carbocycles. The maximum absolute atomic E-state index is 12.6. The minimum absolute atomic E-state index is 0.367. The molecule has 1 heterocycles. The summed E-state index contributed by atoms with van der Waals surface area (Å²) in [5.41, 5.74) is 4.64. The van der Waals surface area contributed by atoms with Gasteiger partial charge in [0, 0.05) is 23.6 Å². The van der Waals surface area contributed by atoms with Gasteiger partial charge in [-0.1, -0.05) is 0 Å². The van der Waals surface area contributed by atoms with Crippen molar-refractivity contribution < 1.29 is 17.9 Å². The molecule has 146 valence electrons. The molecule has 1 aromatic heterocycles. The van der Waals surface area contributed by atoms with E-state index < -0.39 is 16.0 Å². The molecule has 0 atom stereocenters. The van der Waals surface area contributed by atoms with Gasteiger partial charge in [-0.25, -0.2) is 13.2 Å².